The Kier molecular flexibility index (Phi) is 7.27. The standard InChI is InChI=1S/C32H31F3N6O3S/c1-2-40(45(43,44)29-13-14-39(38-29)31(34)35)26-9-6-23-15-28-22(19-37-41(28)25-10-7-24(33)8-11-25)16-32(23,17-26)30(42)27-12-5-21(18-36-27)20-3-4-20/h5,7-8,10-15,18-20,26,31H,2-4,6,9,16-17H2,1H3/t26-,32-/m0/s1. The number of halogens is 3. The van der Waals surface area contributed by atoms with E-state index < -0.39 is 33.1 Å². The minimum atomic E-state index is -4.25. The lowest BCUT2D eigenvalue weighted by atomic mass is 9.60. The first-order valence-electron chi connectivity index (χ1n) is 15.0. The lowest BCUT2D eigenvalue weighted by Crippen LogP contribution is -2.50. The molecule has 234 valence electrons. The molecule has 3 aliphatic carbocycles. The van der Waals surface area contributed by atoms with E-state index in [9.17, 15) is 26.4 Å². The lowest BCUT2D eigenvalue weighted by molar-refractivity contribution is 0.0552. The molecule has 13 heteroatoms. The third-order valence-corrected chi connectivity index (χ3v) is 11.2. The maximum atomic E-state index is 14.6. The van der Waals surface area contributed by atoms with Gasteiger partial charge in [0.2, 0.25) is 0 Å². The van der Waals surface area contributed by atoms with Gasteiger partial charge in [0.05, 0.1) is 23.0 Å². The van der Waals surface area contributed by atoms with Crippen molar-refractivity contribution in [1.29, 1.82) is 0 Å². The van der Waals surface area contributed by atoms with Gasteiger partial charge in [0, 0.05) is 25.0 Å². The molecule has 4 aromatic rings. The maximum absolute atomic E-state index is 14.6. The predicted octanol–water partition coefficient (Wildman–Crippen LogP) is 5.95. The molecule has 0 aliphatic heterocycles. The number of carbonyl (C=O) groups excluding carboxylic acids is 1. The highest BCUT2D eigenvalue weighted by molar-refractivity contribution is 7.89. The Morgan fingerprint density at radius 1 is 1.09 bits per heavy atom. The molecule has 0 spiro atoms. The summed E-state index contributed by atoms with van der Waals surface area (Å²) >= 11 is 0. The van der Waals surface area contributed by atoms with E-state index in [4.69, 9.17) is 0 Å². The number of hydrogen-bond donors (Lipinski definition) is 0. The van der Waals surface area contributed by atoms with E-state index in [1.807, 2.05) is 12.1 Å². The fourth-order valence-electron chi connectivity index (χ4n) is 6.87. The van der Waals surface area contributed by atoms with Gasteiger partial charge < -0.3 is 0 Å². The van der Waals surface area contributed by atoms with Crippen molar-refractivity contribution in [3.8, 4) is 5.69 Å². The lowest BCUT2D eigenvalue weighted by Gasteiger charge is -2.46. The van der Waals surface area contributed by atoms with Crippen LogP contribution in [-0.4, -0.2) is 55.6 Å². The van der Waals surface area contributed by atoms with Gasteiger partial charge in [-0.25, -0.2) is 22.2 Å². The summed E-state index contributed by atoms with van der Waals surface area (Å²) in [6.45, 7) is -1.22. The molecule has 9 nitrogen and oxygen atoms in total. The van der Waals surface area contributed by atoms with Crippen LogP contribution >= 0.6 is 0 Å². The van der Waals surface area contributed by atoms with Gasteiger partial charge in [-0.1, -0.05) is 18.6 Å². The van der Waals surface area contributed by atoms with Crippen molar-refractivity contribution in [2.45, 2.75) is 69.0 Å². The van der Waals surface area contributed by atoms with Crippen molar-refractivity contribution in [3.05, 3.63) is 95.0 Å². The smallest absolute Gasteiger partial charge is 0.291 e. The number of carbonyl (C=O) groups is 1. The van der Waals surface area contributed by atoms with Crippen LogP contribution in [0.5, 0.6) is 0 Å². The van der Waals surface area contributed by atoms with Gasteiger partial charge in [-0.15, -0.1) is 0 Å². The van der Waals surface area contributed by atoms with E-state index in [1.54, 1.807) is 42.2 Å². The number of alkyl halides is 2. The number of pyridine rings is 1. The number of hydrogen-bond acceptors (Lipinski definition) is 6. The molecule has 3 aromatic heterocycles. The first-order valence-corrected chi connectivity index (χ1v) is 16.4. The Bertz CT molecular complexity index is 1900. The van der Waals surface area contributed by atoms with Gasteiger partial charge in [0.15, 0.2) is 10.8 Å². The van der Waals surface area contributed by atoms with Crippen LogP contribution in [0.3, 0.4) is 0 Å². The van der Waals surface area contributed by atoms with Crippen molar-refractivity contribution in [3.63, 3.8) is 0 Å². The van der Waals surface area contributed by atoms with E-state index in [1.165, 1.54) is 16.4 Å². The summed E-state index contributed by atoms with van der Waals surface area (Å²) in [6, 6.07) is 10.2. The highest BCUT2D eigenvalue weighted by Crippen LogP contribution is 2.51. The number of rotatable bonds is 9. The van der Waals surface area contributed by atoms with Crippen molar-refractivity contribution in [1.82, 2.24) is 28.9 Å². The summed E-state index contributed by atoms with van der Waals surface area (Å²) in [6.07, 6.45) is 9.83. The van der Waals surface area contributed by atoms with Crippen LogP contribution in [0.25, 0.3) is 11.8 Å². The molecule has 45 heavy (non-hydrogen) atoms. The number of fused-ring (bicyclic) bond motifs is 2. The summed E-state index contributed by atoms with van der Waals surface area (Å²) < 4.78 is 70.9. The molecular formula is C32H31F3N6O3S. The molecule has 2 fully saturated rings. The average molecular weight is 637 g/mol. The van der Waals surface area contributed by atoms with Gasteiger partial charge in [0.25, 0.3) is 10.0 Å². The van der Waals surface area contributed by atoms with Crippen molar-refractivity contribution in [2.24, 2.45) is 5.41 Å². The molecule has 0 unspecified atom stereocenters. The molecule has 3 aliphatic rings. The quantitative estimate of drug-likeness (QED) is 0.211. The van der Waals surface area contributed by atoms with Gasteiger partial charge in [-0.05, 0) is 98.0 Å². The first-order chi connectivity index (χ1) is 21.6. The number of allylic oxidation sites excluding steroid dienone is 1. The topological polar surface area (TPSA) is 103 Å². The third-order valence-electron chi connectivity index (χ3n) is 9.28. The molecule has 7 rings (SSSR count). The molecular weight excluding hydrogens is 605 g/mol. The minimum Gasteiger partial charge on any atom is -0.291 e. The predicted molar refractivity (Wildman–Crippen MR) is 159 cm³/mol. The zero-order valence-corrected chi connectivity index (χ0v) is 25.3. The Morgan fingerprint density at radius 2 is 1.87 bits per heavy atom. The fraction of sp³-hybridized carbons (Fsp3) is 0.375. The number of ketones is 1. The second-order valence-electron chi connectivity index (χ2n) is 12.0. The Labute approximate surface area is 258 Å². The zero-order chi connectivity index (χ0) is 31.5. The fourth-order valence-corrected chi connectivity index (χ4v) is 8.45. The van der Waals surface area contributed by atoms with Crippen LogP contribution < -0.4 is 0 Å². The summed E-state index contributed by atoms with van der Waals surface area (Å²) in [5, 5.41) is 7.74. The molecule has 2 saturated carbocycles. The van der Waals surface area contributed by atoms with Crippen LogP contribution in [0.15, 0.2) is 71.7 Å². The van der Waals surface area contributed by atoms with Gasteiger partial charge >= 0.3 is 6.55 Å². The van der Waals surface area contributed by atoms with Crippen molar-refractivity contribution in [2.75, 3.05) is 6.54 Å². The molecule has 3 heterocycles. The van der Waals surface area contributed by atoms with Crippen LogP contribution in [0.1, 0.15) is 78.8 Å². The third kappa shape index (κ3) is 5.11. The van der Waals surface area contributed by atoms with E-state index in [2.05, 4.69) is 15.2 Å². The number of sulfonamides is 1. The zero-order valence-electron chi connectivity index (χ0n) is 24.5. The second kappa shape index (κ2) is 11.1. The average Bonchev–Trinajstić information content (AvgIpc) is 3.60. The number of Topliss-reactive ketones (excluding diaryl/α,β-unsaturated/α-hetero) is 1. The maximum Gasteiger partial charge on any atom is 0.333 e. The van der Waals surface area contributed by atoms with E-state index >= 15 is 0 Å². The number of nitrogens with zero attached hydrogens (tertiary/aromatic N) is 6. The van der Waals surface area contributed by atoms with E-state index in [-0.39, 0.29) is 31.0 Å². The van der Waals surface area contributed by atoms with Crippen molar-refractivity contribution >= 4 is 21.9 Å². The minimum absolute atomic E-state index is 0.0694. The van der Waals surface area contributed by atoms with Crippen molar-refractivity contribution < 1.29 is 26.4 Å². The number of aromatic nitrogens is 5. The molecule has 0 radical (unpaired) electrons. The summed E-state index contributed by atoms with van der Waals surface area (Å²) in [5.41, 5.74) is 3.41. The van der Waals surface area contributed by atoms with Gasteiger partial charge in [0.1, 0.15) is 11.5 Å². The van der Waals surface area contributed by atoms with Gasteiger partial charge in [-0.3, -0.25) is 9.78 Å². The van der Waals surface area contributed by atoms with E-state index in [0.29, 0.717) is 34.8 Å². The molecule has 0 bridgehead atoms. The van der Waals surface area contributed by atoms with Gasteiger partial charge in [-0.2, -0.15) is 23.3 Å². The Hall–Kier alpha value is -4.10. The highest BCUT2D eigenvalue weighted by Gasteiger charge is 2.51. The number of benzene rings is 1. The molecule has 0 amide bonds. The Morgan fingerprint density at radius 3 is 2.51 bits per heavy atom. The second-order valence-corrected chi connectivity index (χ2v) is 13.8. The van der Waals surface area contributed by atoms with Crippen LogP contribution in [0.4, 0.5) is 13.2 Å². The largest absolute Gasteiger partial charge is 0.333 e. The van der Waals surface area contributed by atoms with Crippen LogP contribution in [-0.2, 0) is 16.4 Å². The SMILES string of the molecule is CCN([C@H]1CCC2=Cc3c(cnn3-c3ccc(F)cc3)C[C@]2(C(=O)c2ccc(C3CC3)cn2)C1)S(=O)(=O)c1ccn(C(F)F)n1. The van der Waals surface area contributed by atoms with E-state index in [0.717, 1.165) is 47.5 Å². The normalized spacial score (nSPS) is 21.5. The summed E-state index contributed by atoms with van der Waals surface area (Å²) in [7, 11) is -4.25. The monoisotopic (exact) mass is 636 g/mol. The molecule has 2 atom stereocenters. The highest BCUT2D eigenvalue weighted by atomic mass is 32.2. The first kappa shape index (κ1) is 29.6. The molecule has 1 aromatic carbocycles. The summed E-state index contributed by atoms with van der Waals surface area (Å²) in [4.78, 5) is 19.2. The van der Waals surface area contributed by atoms with Crippen LogP contribution in [0.2, 0.25) is 0 Å². The Balaban J connectivity index is 1.28. The molecule has 0 saturated heterocycles. The summed E-state index contributed by atoms with van der Waals surface area (Å²) in [5.74, 6) is -0.0881. The molecule has 0 N–H and O–H groups in total. The van der Waals surface area contributed by atoms with Crippen LogP contribution in [0, 0.1) is 11.2 Å².